The van der Waals surface area contributed by atoms with Crippen molar-refractivity contribution in [2.75, 3.05) is 13.2 Å². The summed E-state index contributed by atoms with van der Waals surface area (Å²) < 4.78 is 13.0. The van der Waals surface area contributed by atoms with Gasteiger partial charge in [0.15, 0.2) is 5.79 Å². The first-order valence-electron chi connectivity index (χ1n) is 8.18. The number of nitro groups is 1. The van der Waals surface area contributed by atoms with Gasteiger partial charge in [-0.25, -0.2) is 0 Å². The van der Waals surface area contributed by atoms with Crippen molar-refractivity contribution in [3.05, 3.63) is 44.4 Å². The van der Waals surface area contributed by atoms with E-state index < -0.39 is 11.8 Å². The molecule has 3 rings (SSSR count). The summed E-state index contributed by atoms with van der Waals surface area (Å²) in [5.74, 6) is -0.690. The van der Waals surface area contributed by atoms with Crippen LogP contribution in [0.15, 0.2) is 28.7 Å². The standard InChI is InChI=1S/C17H22BrNO4/c1-12(19(20)21)14-6-4-8-17(22-9-10-23-17)15(14)11-13-5-2-3-7-16(13)18/h2-3,5,7,12,14-15H,4,6,8-11H2,1H3/t12?,14-,15-/m0/s1. The normalized spacial score (nSPS) is 27.9. The SMILES string of the molecule is CC([C@@H]1CCCC2(OCCO2)[C@H]1Cc1ccccc1Br)[N+](=O)[O-]. The molecule has 1 aromatic carbocycles. The molecule has 0 amide bonds. The van der Waals surface area contributed by atoms with Crippen molar-refractivity contribution in [2.45, 2.75) is 44.4 Å². The Labute approximate surface area is 144 Å². The summed E-state index contributed by atoms with van der Waals surface area (Å²) in [7, 11) is 0. The fourth-order valence-corrected chi connectivity index (χ4v) is 4.51. The minimum atomic E-state index is -0.650. The van der Waals surface area contributed by atoms with E-state index in [9.17, 15) is 10.1 Å². The number of benzene rings is 1. The Morgan fingerprint density at radius 3 is 2.74 bits per heavy atom. The molecule has 0 aromatic heterocycles. The van der Waals surface area contributed by atoms with Crippen molar-refractivity contribution in [3.63, 3.8) is 0 Å². The van der Waals surface area contributed by atoms with Crippen molar-refractivity contribution < 1.29 is 14.4 Å². The molecule has 1 saturated heterocycles. The third kappa shape index (κ3) is 3.30. The molecule has 1 aromatic rings. The van der Waals surface area contributed by atoms with Crippen molar-refractivity contribution in [2.24, 2.45) is 11.8 Å². The predicted octanol–water partition coefficient (Wildman–Crippen LogP) is 3.82. The summed E-state index contributed by atoms with van der Waals surface area (Å²) in [5.41, 5.74) is 1.15. The summed E-state index contributed by atoms with van der Waals surface area (Å²) in [5, 5.41) is 11.4. The van der Waals surface area contributed by atoms with Crippen LogP contribution in [0.1, 0.15) is 31.7 Å². The average Bonchev–Trinajstić information content (AvgIpc) is 2.99. The van der Waals surface area contributed by atoms with Crippen LogP contribution >= 0.6 is 15.9 Å². The lowest BCUT2D eigenvalue weighted by Crippen LogP contribution is -2.51. The largest absolute Gasteiger partial charge is 0.347 e. The van der Waals surface area contributed by atoms with Gasteiger partial charge in [0.2, 0.25) is 6.04 Å². The molecular formula is C17H22BrNO4. The lowest BCUT2D eigenvalue weighted by Gasteiger charge is -2.44. The molecule has 0 bridgehead atoms. The van der Waals surface area contributed by atoms with Crippen LogP contribution in [-0.4, -0.2) is 30.0 Å². The number of hydrogen-bond acceptors (Lipinski definition) is 4. The van der Waals surface area contributed by atoms with Crippen LogP contribution in [0.5, 0.6) is 0 Å². The molecule has 2 aliphatic rings. The zero-order valence-electron chi connectivity index (χ0n) is 13.2. The monoisotopic (exact) mass is 383 g/mol. The molecule has 0 radical (unpaired) electrons. The Morgan fingerprint density at radius 1 is 1.39 bits per heavy atom. The Bertz CT molecular complexity index is 573. The van der Waals surface area contributed by atoms with Gasteiger partial charge in [0.25, 0.3) is 0 Å². The van der Waals surface area contributed by atoms with E-state index in [1.807, 2.05) is 18.2 Å². The van der Waals surface area contributed by atoms with Crippen molar-refractivity contribution in [3.8, 4) is 0 Å². The third-order valence-electron chi connectivity index (χ3n) is 5.27. The molecule has 126 valence electrons. The van der Waals surface area contributed by atoms with Crippen LogP contribution in [0.4, 0.5) is 0 Å². The molecule has 0 N–H and O–H groups in total. The summed E-state index contributed by atoms with van der Waals surface area (Å²) in [6.07, 6.45) is 3.31. The Balaban J connectivity index is 1.93. The van der Waals surface area contributed by atoms with Gasteiger partial charge in [-0.1, -0.05) is 34.1 Å². The highest BCUT2D eigenvalue weighted by atomic mass is 79.9. The molecule has 6 heteroatoms. The molecular weight excluding hydrogens is 362 g/mol. The highest BCUT2D eigenvalue weighted by molar-refractivity contribution is 9.10. The lowest BCUT2D eigenvalue weighted by atomic mass is 9.69. The molecule has 1 aliphatic carbocycles. The second kappa shape index (κ2) is 6.87. The second-order valence-corrected chi connectivity index (χ2v) is 7.35. The quantitative estimate of drug-likeness (QED) is 0.585. The van der Waals surface area contributed by atoms with E-state index >= 15 is 0 Å². The fraction of sp³-hybridized carbons (Fsp3) is 0.647. The Kier molecular flexibility index (Phi) is 5.04. The first-order chi connectivity index (χ1) is 11.0. The van der Waals surface area contributed by atoms with Gasteiger partial charge in [0.1, 0.15) is 0 Å². The van der Waals surface area contributed by atoms with Gasteiger partial charge in [-0.15, -0.1) is 0 Å². The zero-order valence-corrected chi connectivity index (χ0v) is 14.8. The number of halogens is 1. The molecule has 23 heavy (non-hydrogen) atoms. The van der Waals surface area contributed by atoms with Crippen LogP contribution in [0, 0.1) is 22.0 Å². The highest BCUT2D eigenvalue weighted by Crippen LogP contribution is 2.47. The average molecular weight is 384 g/mol. The van der Waals surface area contributed by atoms with Gasteiger partial charge in [-0.3, -0.25) is 10.1 Å². The molecule has 1 spiro atoms. The van der Waals surface area contributed by atoms with Crippen LogP contribution in [0.3, 0.4) is 0 Å². The lowest BCUT2D eigenvalue weighted by molar-refractivity contribution is -0.533. The van der Waals surface area contributed by atoms with E-state index in [4.69, 9.17) is 9.47 Å². The number of hydrogen-bond donors (Lipinski definition) is 0. The van der Waals surface area contributed by atoms with Crippen LogP contribution < -0.4 is 0 Å². The van der Waals surface area contributed by atoms with E-state index in [2.05, 4.69) is 22.0 Å². The summed E-state index contributed by atoms with van der Waals surface area (Å²) in [6, 6.07) is 7.46. The maximum absolute atomic E-state index is 11.4. The van der Waals surface area contributed by atoms with Gasteiger partial charge in [0.05, 0.1) is 13.2 Å². The fourth-order valence-electron chi connectivity index (χ4n) is 4.07. The number of rotatable bonds is 4. The van der Waals surface area contributed by atoms with E-state index in [-0.39, 0.29) is 16.8 Å². The summed E-state index contributed by atoms with van der Waals surface area (Å²) in [6.45, 7) is 2.86. The number of ether oxygens (including phenoxy) is 2. The van der Waals surface area contributed by atoms with Crippen LogP contribution in [0.25, 0.3) is 0 Å². The van der Waals surface area contributed by atoms with Crippen molar-refractivity contribution >= 4 is 15.9 Å². The van der Waals surface area contributed by atoms with Gasteiger partial charge in [0, 0.05) is 34.6 Å². The van der Waals surface area contributed by atoms with Crippen LogP contribution in [-0.2, 0) is 15.9 Å². The highest BCUT2D eigenvalue weighted by Gasteiger charge is 2.53. The minimum Gasteiger partial charge on any atom is -0.347 e. The predicted molar refractivity (Wildman–Crippen MR) is 89.8 cm³/mol. The van der Waals surface area contributed by atoms with Gasteiger partial charge >= 0.3 is 0 Å². The number of nitrogens with zero attached hydrogens (tertiary/aromatic N) is 1. The molecule has 1 aliphatic heterocycles. The molecule has 1 saturated carbocycles. The Hall–Kier alpha value is -0.980. The summed E-state index contributed by atoms with van der Waals surface area (Å²) in [4.78, 5) is 11.2. The maximum Gasteiger partial charge on any atom is 0.213 e. The third-order valence-corrected chi connectivity index (χ3v) is 6.04. The van der Waals surface area contributed by atoms with Crippen molar-refractivity contribution in [1.29, 1.82) is 0 Å². The van der Waals surface area contributed by atoms with E-state index in [0.717, 1.165) is 35.7 Å². The van der Waals surface area contributed by atoms with Crippen molar-refractivity contribution in [1.82, 2.24) is 0 Å². The molecule has 2 fully saturated rings. The molecule has 5 nitrogen and oxygen atoms in total. The topological polar surface area (TPSA) is 61.6 Å². The maximum atomic E-state index is 11.4. The van der Waals surface area contributed by atoms with E-state index in [1.165, 1.54) is 0 Å². The van der Waals surface area contributed by atoms with E-state index in [0.29, 0.717) is 13.2 Å². The first kappa shape index (κ1) is 16.9. The van der Waals surface area contributed by atoms with Gasteiger partial charge < -0.3 is 9.47 Å². The van der Waals surface area contributed by atoms with E-state index in [1.54, 1.807) is 6.92 Å². The van der Waals surface area contributed by atoms with Gasteiger partial charge in [-0.05, 0) is 30.9 Å². The second-order valence-electron chi connectivity index (χ2n) is 6.49. The first-order valence-corrected chi connectivity index (χ1v) is 8.97. The molecule has 1 unspecified atom stereocenters. The molecule has 1 heterocycles. The molecule has 3 atom stereocenters. The minimum absolute atomic E-state index is 0.00199. The smallest absolute Gasteiger partial charge is 0.213 e. The Morgan fingerprint density at radius 2 is 2.09 bits per heavy atom. The summed E-state index contributed by atoms with van der Waals surface area (Å²) >= 11 is 3.59. The zero-order chi connectivity index (χ0) is 16.4. The van der Waals surface area contributed by atoms with Crippen LogP contribution in [0.2, 0.25) is 0 Å². The van der Waals surface area contributed by atoms with Gasteiger partial charge in [-0.2, -0.15) is 0 Å².